The van der Waals surface area contributed by atoms with E-state index < -0.39 is 25.2 Å². The van der Waals surface area contributed by atoms with Crippen LogP contribution in [-0.2, 0) is 19.7 Å². The van der Waals surface area contributed by atoms with Crippen molar-refractivity contribution in [1.29, 1.82) is 0 Å². The van der Waals surface area contributed by atoms with E-state index in [1.807, 2.05) is 0 Å². The summed E-state index contributed by atoms with van der Waals surface area (Å²) in [6.07, 6.45) is 2.50. The molecule has 1 heterocycles. The zero-order chi connectivity index (χ0) is 11.7. The molecule has 1 atom stereocenters. The molecule has 0 saturated carbocycles. The van der Waals surface area contributed by atoms with Gasteiger partial charge in [-0.3, -0.25) is 0 Å². The maximum atomic E-state index is 11.2. The molecule has 0 aromatic carbocycles. The zero-order valence-corrected chi connectivity index (χ0v) is 10.4. The van der Waals surface area contributed by atoms with Crippen LogP contribution in [0.15, 0.2) is 0 Å². The monoisotopic (exact) mass is 255 g/mol. The van der Waals surface area contributed by atoms with Gasteiger partial charge in [-0.1, -0.05) is 0 Å². The van der Waals surface area contributed by atoms with Crippen LogP contribution in [0.2, 0.25) is 0 Å². The molecule has 0 spiro atoms. The summed E-state index contributed by atoms with van der Waals surface area (Å²) in [6, 6.07) is 0. The summed E-state index contributed by atoms with van der Waals surface area (Å²) in [5.41, 5.74) is 5.19. The molecule has 1 fully saturated rings. The van der Waals surface area contributed by atoms with Gasteiger partial charge in [0, 0.05) is 17.5 Å². The average Bonchev–Trinajstić information content (AvgIpc) is 2.23. The Bertz CT molecular complexity index is 426. The molecule has 1 rings (SSSR count). The van der Waals surface area contributed by atoms with Crippen molar-refractivity contribution >= 4 is 19.7 Å². The normalized spacial score (nSPS) is 30.5. The van der Waals surface area contributed by atoms with Crippen LogP contribution >= 0.6 is 0 Å². The third-order valence-electron chi connectivity index (χ3n) is 2.61. The van der Waals surface area contributed by atoms with Gasteiger partial charge in [0.15, 0.2) is 9.84 Å². The number of hydrogen-bond donors (Lipinski definition) is 1. The van der Waals surface area contributed by atoms with E-state index in [1.54, 1.807) is 0 Å². The number of hydrogen-bond acceptors (Lipinski definition) is 5. The first kappa shape index (κ1) is 12.9. The molecule has 90 valence electrons. The SMILES string of the molecule is CS(=O)(=O)CCCC1(N)CCS(=O)(=O)C1. The molecule has 0 aromatic heterocycles. The van der Waals surface area contributed by atoms with Gasteiger partial charge >= 0.3 is 0 Å². The van der Waals surface area contributed by atoms with Crippen LogP contribution in [-0.4, -0.2) is 45.9 Å². The lowest BCUT2D eigenvalue weighted by Crippen LogP contribution is -2.41. The minimum atomic E-state index is -2.99. The first-order valence-corrected chi connectivity index (χ1v) is 8.67. The number of sulfone groups is 2. The van der Waals surface area contributed by atoms with Crippen molar-refractivity contribution in [3.05, 3.63) is 0 Å². The maximum Gasteiger partial charge on any atom is 0.152 e. The van der Waals surface area contributed by atoms with E-state index in [0.717, 1.165) is 0 Å². The molecular formula is C8H17NO4S2. The highest BCUT2D eigenvalue weighted by molar-refractivity contribution is 7.91. The summed E-state index contributed by atoms with van der Waals surface area (Å²) >= 11 is 0. The minimum Gasteiger partial charge on any atom is -0.324 e. The molecule has 0 aliphatic carbocycles. The van der Waals surface area contributed by atoms with Gasteiger partial charge in [0.1, 0.15) is 9.84 Å². The lowest BCUT2D eigenvalue weighted by Gasteiger charge is -2.21. The van der Waals surface area contributed by atoms with Crippen molar-refractivity contribution in [1.82, 2.24) is 0 Å². The average molecular weight is 255 g/mol. The lowest BCUT2D eigenvalue weighted by atomic mass is 9.95. The first-order valence-electron chi connectivity index (χ1n) is 4.79. The van der Waals surface area contributed by atoms with E-state index in [4.69, 9.17) is 5.73 Å². The Morgan fingerprint density at radius 2 is 2.00 bits per heavy atom. The predicted molar refractivity (Wildman–Crippen MR) is 59.1 cm³/mol. The number of rotatable bonds is 4. The fourth-order valence-electron chi connectivity index (χ4n) is 1.82. The van der Waals surface area contributed by atoms with Crippen LogP contribution in [0.5, 0.6) is 0 Å². The van der Waals surface area contributed by atoms with Crippen LogP contribution in [0.3, 0.4) is 0 Å². The van der Waals surface area contributed by atoms with Crippen molar-refractivity contribution in [3.8, 4) is 0 Å². The Morgan fingerprint density at radius 3 is 2.40 bits per heavy atom. The van der Waals surface area contributed by atoms with Crippen molar-refractivity contribution in [2.75, 3.05) is 23.5 Å². The molecule has 1 aliphatic heterocycles. The summed E-state index contributed by atoms with van der Waals surface area (Å²) in [6.45, 7) is 0. The molecule has 0 aromatic rings. The van der Waals surface area contributed by atoms with E-state index in [0.29, 0.717) is 19.3 Å². The highest BCUT2D eigenvalue weighted by atomic mass is 32.2. The molecule has 1 aliphatic rings. The molecule has 7 heteroatoms. The second kappa shape index (κ2) is 4.03. The zero-order valence-electron chi connectivity index (χ0n) is 8.77. The van der Waals surface area contributed by atoms with Gasteiger partial charge in [-0.2, -0.15) is 0 Å². The van der Waals surface area contributed by atoms with Gasteiger partial charge in [-0.15, -0.1) is 0 Å². The number of nitrogens with two attached hydrogens (primary N) is 1. The van der Waals surface area contributed by atoms with Crippen molar-refractivity contribution in [2.24, 2.45) is 5.73 Å². The van der Waals surface area contributed by atoms with Gasteiger partial charge < -0.3 is 5.73 Å². The Kier molecular flexibility index (Phi) is 3.47. The summed E-state index contributed by atoms with van der Waals surface area (Å²) in [4.78, 5) is 0. The standard InChI is InChI=1S/C8H17NO4S2/c1-14(10,11)5-2-3-8(9)4-6-15(12,13)7-8/h2-7,9H2,1H3. The smallest absolute Gasteiger partial charge is 0.152 e. The van der Waals surface area contributed by atoms with Crippen LogP contribution in [0.4, 0.5) is 0 Å². The Balaban J connectivity index is 2.47. The van der Waals surface area contributed by atoms with Crippen LogP contribution < -0.4 is 5.73 Å². The maximum absolute atomic E-state index is 11.2. The molecule has 0 bridgehead atoms. The Labute approximate surface area is 90.9 Å². The third-order valence-corrected chi connectivity index (χ3v) is 5.48. The van der Waals surface area contributed by atoms with Crippen molar-refractivity contribution in [3.63, 3.8) is 0 Å². The van der Waals surface area contributed by atoms with Gasteiger partial charge in [0.2, 0.25) is 0 Å². The summed E-state index contributed by atoms with van der Waals surface area (Å²) < 4.78 is 44.2. The highest BCUT2D eigenvalue weighted by Gasteiger charge is 2.38. The Hall–Kier alpha value is -0.140. The molecule has 1 unspecified atom stereocenters. The van der Waals surface area contributed by atoms with E-state index in [1.165, 1.54) is 6.26 Å². The van der Waals surface area contributed by atoms with Gasteiger partial charge in [-0.05, 0) is 19.3 Å². The van der Waals surface area contributed by atoms with E-state index >= 15 is 0 Å². The lowest BCUT2D eigenvalue weighted by molar-refractivity contribution is 0.437. The predicted octanol–water partition coefficient (Wildman–Crippen LogP) is -0.673. The van der Waals surface area contributed by atoms with E-state index in [9.17, 15) is 16.8 Å². The summed E-state index contributed by atoms with van der Waals surface area (Å²) in [7, 11) is -5.97. The fourth-order valence-corrected chi connectivity index (χ4v) is 4.52. The molecule has 5 nitrogen and oxygen atoms in total. The van der Waals surface area contributed by atoms with E-state index in [-0.39, 0.29) is 17.3 Å². The Morgan fingerprint density at radius 1 is 1.40 bits per heavy atom. The molecule has 15 heavy (non-hydrogen) atoms. The highest BCUT2D eigenvalue weighted by Crippen LogP contribution is 2.25. The minimum absolute atomic E-state index is 0.0102. The van der Waals surface area contributed by atoms with E-state index in [2.05, 4.69) is 0 Å². The third kappa shape index (κ3) is 4.48. The second-order valence-electron chi connectivity index (χ2n) is 4.44. The molecule has 2 N–H and O–H groups in total. The van der Waals surface area contributed by atoms with Crippen molar-refractivity contribution in [2.45, 2.75) is 24.8 Å². The molecule has 0 amide bonds. The molecule has 1 saturated heterocycles. The largest absolute Gasteiger partial charge is 0.324 e. The first-order chi connectivity index (χ1) is 6.62. The molecular weight excluding hydrogens is 238 g/mol. The van der Waals surface area contributed by atoms with Crippen LogP contribution in [0, 0.1) is 0 Å². The van der Waals surface area contributed by atoms with Crippen LogP contribution in [0.1, 0.15) is 19.3 Å². The topological polar surface area (TPSA) is 94.3 Å². The van der Waals surface area contributed by atoms with Crippen LogP contribution in [0.25, 0.3) is 0 Å². The molecule has 0 radical (unpaired) electrons. The second-order valence-corrected chi connectivity index (χ2v) is 8.88. The van der Waals surface area contributed by atoms with Crippen molar-refractivity contribution < 1.29 is 16.8 Å². The summed E-state index contributed by atoms with van der Waals surface area (Å²) in [5, 5.41) is 0. The fraction of sp³-hybridized carbons (Fsp3) is 1.00. The summed E-state index contributed by atoms with van der Waals surface area (Å²) in [5.74, 6) is 0.193. The van der Waals surface area contributed by atoms with Gasteiger partial charge in [0.25, 0.3) is 0 Å². The quantitative estimate of drug-likeness (QED) is 0.718. The van der Waals surface area contributed by atoms with Gasteiger partial charge in [0.05, 0.1) is 11.5 Å². The van der Waals surface area contributed by atoms with Gasteiger partial charge in [-0.25, -0.2) is 16.8 Å².